The summed E-state index contributed by atoms with van der Waals surface area (Å²) in [5.41, 5.74) is 0. The maximum atomic E-state index is 5.60. The lowest BCUT2D eigenvalue weighted by atomic mass is 10.1. The van der Waals surface area contributed by atoms with E-state index in [4.69, 9.17) is 4.74 Å². The Bertz CT molecular complexity index is 187. The standard InChI is InChI=1S/C13H27NOS/c1-5-7-14-12(10(2)3)9-16-13-6-8-15-11(13)4/h10-14H,5-9H2,1-4H3. The molecule has 1 heterocycles. The Morgan fingerprint density at radius 1 is 1.44 bits per heavy atom. The van der Waals surface area contributed by atoms with Crippen molar-refractivity contribution in [3.05, 3.63) is 0 Å². The Balaban J connectivity index is 2.25. The summed E-state index contributed by atoms with van der Waals surface area (Å²) in [5.74, 6) is 1.94. The molecule has 0 radical (unpaired) electrons. The van der Waals surface area contributed by atoms with Gasteiger partial charge in [0, 0.05) is 23.7 Å². The summed E-state index contributed by atoms with van der Waals surface area (Å²) in [4.78, 5) is 0. The van der Waals surface area contributed by atoms with Crippen molar-refractivity contribution in [3.63, 3.8) is 0 Å². The minimum atomic E-state index is 0.448. The first-order valence-corrected chi connectivity index (χ1v) is 7.66. The maximum Gasteiger partial charge on any atom is 0.0666 e. The van der Waals surface area contributed by atoms with Crippen molar-refractivity contribution < 1.29 is 4.74 Å². The normalized spacial score (nSPS) is 27.6. The summed E-state index contributed by atoms with van der Waals surface area (Å²) < 4.78 is 5.60. The molecule has 0 spiro atoms. The van der Waals surface area contributed by atoms with Crippen molar-refractivity contribution in [3.8, 4) is 0 Å². The van der Waals surface area contributed by atoms with Crippen molar-refractivity contribution in [1.29, 1.82) is 0 Å². The Labute approximate surface area is 105 Å². The molecule has 0 aromatic carbocycles. The fourth-order valence-corrected chi connectivity index (χ4v) is 3.54. The lowest BCUT2D eigenvalue weighted by Crippen LogP contribution is -2.37. The zero-order valence-electron chi connectivity index (χ0n) is 11.2. The SMILES string of the molecule is CCCNC(CSC1CCOC1C)C(C)C. The van der Waals surface area contributed by atoms with Crippen LogP contribution in [0.25, 0.3) is 0 Å². The quantitative estimate of drug-likeness (QED) is 0.745. The fraction of sp³-hybridized carbons (Fsp3) is 1.00. The molecule has 0 aliphatic carbocycles. The highest BCUT2D eigenvalue weighted by Crippen LogP contribution is 2.27. The third-order valence-corrected chi connectivity index (χ3v) is 4.86. The molecule has 1 N–H and O–H groups in total. The number of rotatable bonds is 7. The van der Waals surface area contributed by atoms with Gasteiger partial charge in [-0.05, 0) is 32.2 Å². The van der Waals surface area contributed by atoms with Gasteiger partial charge < -0.3 is 10.1 Å². The van der Waals surface area contributed by atoms with E-state index in [1.807, 2.05) is 0 Å². The second kappa shape index (κ2) is 7.57. The molecule has 0 saturated carbocycles. The van der Waals surface area contributed by atoms with Gasteiger partial charge in [-0.3, -0.25) is 0 Å². The molecule has 1 rings (SSSR count). The van der Waals surface area contributed by atoms with Gasteiger partial charge in [0.05, 0.1) is 6.10 Å². The zero-order valence-corrected chi connectivity index (χ0v) is 12.0. The average molecular weight is 245 g/mol. The smallest absolute Gasteiger partial charge is 0.0666 e. The van der Waals surface area contributed by atoms with E-state index in [9.17, 15) is 0 Å². The van der Waals surface area contributed by atoms with Gasteiger partial charge in [-0.25, -0.2) is 0 Å². The van der Waals surface area contributed by atoms with E-state index in [-0.39, 0.29) is 0 Å². The minimum absolute atomic E-state index is 0.448. The van der Waals surface area contributed by atoms with E-state index in [1.165, 1.54) is 18.6 Å². The number of hydrogen-bond donors (Lipinski definition) is 1. The van der Waals surface area contributed by atoms with Crippen LogP contribution in [0.5, 0.6) is 0 Å². The molecule has 0 amide bonds. The minimum Gasteiger partial charge on any atom is -0.377 e. The van der Waals surface area contributed by atoms with Crippen LogP contribution in [0, 0.1) is 5.92 Å². The monoisotopic (exact) mass is 245 g/mol. The summed E-state index contributed by atoms with van der Waals surface area (Å²) in [6.45, 7) is 11.1. The van der Waals surface area contributed by atoms with Gasteiger partial charge in [0.15, 0.2) is 0 Å². The van der Waals surface area contributed by atoms with Crippen molar-refractivity contribution in [1.82, 2.24) is 5.32 Å². The van der Waals surface area contributed by atoms with Crippen LogP contribution < -0.4 is 5.32 Å². The molecule has 1 saturated heterocycles. The molecule has 3 unspecified atom stereocenters. The van der Waals surface area contributed by atoms with Crippen LogP contribution in [0.1, 0.15) is 40.5 Å². The Morgan fingerprint density at radius 2 is 2.19 bits per heavy atom. The van der Waals surface area contributed by atoms with Crippen LogP contribution >= 0.6 is 11.8 Å². The van der Waals surface area contributed by atoms with Crippen LogP contribution in [-0.4, -0.2) is 36.3 Å². The second-order valence-electron chi connectivity index (χ2n) is 5.04. The first-order chi connectivity index (χ1) is 7.65. The van der Waals surface area contributed by atoms with Gasteiger partial charge in [0.1, 0.15) is 0 Å². The van der Waals surface area contributed by atoms with E-state index in [0.717, 1.165) is 19.1 Å². The Hall–Kier alpha value is 0.270. The third kappa shape index (κ3) is 4.64. The van der Waals surface area contributed by atoms with Gasteiger partial charge in [0.25, 0.3) is 0 Å². The lowest BCUT2D eigenvalue weighted by molar-refractivity contribution is 0.127. The van der Waals surface area contributed by atoms with Crippen molar-refractivity contribution >= 4 is 11.8 Å². The molecular weight excluding hydrogens is 218 g/mol. The Morgan fingerprint density at radius 3 is 2.69 bits per heavy atom. The summed E-state index contributed by atoms with van der Waals surface area (Å²) in [7, 11) is 0. The number of hydrogen-bond acceptors (Lipinski definition) is 3. The van der Waals surface area contributed by atoms with Gasteiger partial charge in [-0.2, -0.15) is 11.8 Å². The highest BCUT2D eigenvalue weighted by atomic mass is 32.2. The topological polar surface area (TPSA) is 21.3 Å². The summed E-state index contributed by atoms with van der Waals surface area (Å²) >= 11 is 2.09. The first kappa shape index (κ1) is 14.3. The Kier molecular flexibility index (Phi) is 6.78. The largest absolute Gasteiger partial charge is 0.377 e. The molecule has 16 heavy (non-hydrogen) atoms. The van der Waals surface area contributed by atoms with Gasteiger partial charge in [-0.1, -0.05) is 20.8 Å². The van der Waals surface area contributed by atoms with E-state index >= 15 is 0 Å². The first-order valence-electron chi connectivity index (χ1n) is 6.61. The van der Waals surface area contributed by atoms with Crippen molar-refractivity contribution in [2.24, 2.45) is 5.92 Å². The molecule has 1 aliphatic rings. The summed E-state index contributed by atoms with van der Waals surface area (Å²) in [6, 6.07) is 0.651. The third-order valence-electron chi connectivity index (χ3n) is 3.26. The molecule has 3 atom stereocenters. The van der Waals surface area contributed by atoms with Crippen LogP contribution in [0.15, 0.2) is 0 Å². The van der Waals surface area contributed by atoms with E-state index in [2.05, 4.69) is 44.8 Å². The lowest BCUT2D eigenvalue weighted by Gasteiger charge is -2.24. The number of thioether (sulfide) groups is 1. The van der Waals surface area contributed by atoms with E-state index in [0.29, 0.717) is 17.4 Å². The van der Waals surface area contributed by atoms with Crippen LogP contribution in [0.3, 0.4) is 0 Å². The zero-order chi connectivity index (χ0) is 12.0. The average Bonchev–Trinajstić information content (AvgIpc) is 2.64. The van der Waals surface area contributed by atoms with Gasteiger partial charge in [0.2, 0.25) is 0 Å². The molecule has 0 bridgehead atoms. The van der Waals surface area contributed by atoms with Crippen molar-refractivity contribution in [2.75, 3.05) is 18.9 Å². The number of ether oxygens (including phenoxy) is 1. The maximum absolute atomic E-state index is 5.60. The molecule has 2 nitrogen and oxygen atoms in total. The van der Waals surface area contributed by atoms with E-state index < -0.39 is 0 Å². The molecule has 1 aliphatic heterocycles. The molecule has 96 valence electrons. The second-order valence-corrected chi connectivity index (χ2v) is 6.31. The molecule has 1 fully saturated rings. The highest BCUT2D eigenvalue weighted by Gasteiger charge is 2.25. The van der Waals surface area contributed by atoms with Gasteiger partial charge in [-0.15, -0.1) is 0 Å². The van der Waals surface area contributed by atoms with Crippen LogP contribution in [-0.2, 0) is 4.74 Å². The predicted octanol–water partition coefficient (Wildman–Crippen LogP) is 2.92. The predicted molar refractivity (Wildman–Crippen MR) is 73.2 cm³/mol. The molecular formula is C13H27NOS. The highest BCUT2D eigenvalue weighted by molar-refractivity contribution is 8.00. The van der Waals surface area contributed by atoms with Gasteiger partial charge >= 0.3 is 0 Å². The summed E-state index contributed by atoms with van der Waals surface area (Å²) in [5, 5.41) is 4.36. The van der Waals surface area contributed by atoms with E-state index in [1.54, 1.807) is 0 Å². The summed E-state index contributed by atoms with van der Waals surface area (Å²) in [6.07, 6.45) is 2.89. The molecule has 3 heteroatoms. The fourth-order valence-electron chi connectivity index (χ4n) is 1.98. The van der Waals surface area contributed by atoms with Crippen LogP contribution in [0.2, 0.25) is 0 Å². The number of nitrogens with one attached hydrogen (secondary N) is 1. The molecule has 0 aromatic rings. The van der Waals surface area contributed by atoms with Crippen molar-refractivity contribution in [2.45, 2.75) is 57.9 Å². The molecule has 0 aromatic heterocycles. The van der Waals surface area contributed by atoms with Crippen LogP contribution in [0.4, 0.5) is 0 Å².